The van der Waals surface area contributed by atoms with E-state index in [4.69, 9.17) is 14.2 Å². The molecule has 5 nitrogen and oxygen atoms in total. The molecule has 0 aliphatic carbocycles. The summed E-state index contributed by atoms with van der Waals surface area (Å²) in [4.78, 5) is 2.22. The molecule has 1 atom stereocenters. The van der Waals surface area contributed by atoms with Gasteiger partial charge in [-0.25, -0.2) is 0 Å². The summed E-state index contributed by atoms with van der Waals surface area (Å²) in [5, 5.41) is 10.3. The van der Waals surface area contributed by atoms with E-state index in [2.05, 4.69) is 23.1 Å². The molecule has 2 aromatic carbocycles. The number of ether oxygens (including phenoxy) is 3. The Morgan fingerprint density at radius 2 is 1.78 bits per heavy atom. The normalized spacial score (nSPS) is 16.1. The zero-order valence-electron chi connectivity index (χ0n) is 16.0. The maximum atomic E-state index is 10.3. The van der Waals surface area contributed by atoms with Crippen LogP contribution in [-0.4, -0.2) is 62.7 Å². The number of benzene rings is 2. The zero-order valence-corrected chi connectivity index (χ0v) is 16.0. The number of methoxy groups -OCH3 is 1. The van der Waals surface area contributed by atoms with Gasteiger partial charge in [0.2, 0.25) is 0 Å². The van der Waals surface area contributed by atoms with Gasteiger partial charge >= 0.3 is 0 Å². The number of para-hydroxylation sites is 1. The maximum Gasteiger partial charge on any atom is 0.122 e. The van der Waals surface area contributed by atoms with E-state index in [0.717, 1.165) is 56.2 Å². The Morgan fingerprint density at radius 3 is 2.52 bits per heavy atom. The third kappa shape index (κ3) is 6.24. The van der Waals surface area contributed by atoms with Gasteiger partial charge in [-0.15, -0.1) is 0 Å². The first-order valence-corrected chi connectivity index (χ1v) is 9.56. The van der Waals surface area contributed by atoms with E-state index in [0.29, 0.717) is 13.2 Å². The standard InChI is InChI=1S/C22H29NO4/c1-25-21-10-7-18(8-11-21)6-9-19-4-2-3-5-22(19)27-17-20(24)16-23-12-14-26-15-13-23/h2-5,7-8,10-11,20,24H,6,9,12-17H2,1H3/t20-/m1/s1. The Hall–Kier alpha value is -2.08. The van der Waals surface area contributed by atoms with E-state index in [-0.39, 0.29) is 0 Å². The number of hydrogen-bond acceptors (Lipinski definition) is 5. The Balaban J connectivity index is 1.50. The van der Waals surface area contributed by atoms with Crippen molar-refractivity contribution in [2.24, 2.45) is 0 Å². The first kappa shape index (κ1) is 19.7. The molecule has 1 aliphatic rings. The lowest BCUT2D eigenvalue weighted by Crippen LogP contribution is -2.42. The highest BCUT2D eigenvalue weighted by molar-refractivity contribution is 5.35. The van der Waals surface area contributed by atoms with Gasteiger partial charge in [-0.1, -0.05) is 30.3 Å². The molecule has 0 spiro atoms. The second-order valence-corrected chi connectivity index (χ2v) is 6.83. The number of aliphatic hydroxyl groups excluding tert-OH is 1. The molecule has 27 heavy (non-hydrogen) atoms. The number of aryl methyl sites for hydroxylation is 2. The van der Waals surface area contributed by atoms with Crippen LogP contribution in [0.5, 0.6) is 11.5 Å². The summed E-state index contributed by atoms with van der Waals surface area (Å²) in [5.41, 5.74) is 2.42. The van der Waals surface area contributed by atoms with E-state index in [1.807, 2.05) is 30.3 Å². The summed E-state index contributed by atoms with van der Waals surface area (Å²) in [6.07, 6.45) is 1.32. The Bertz CT molecular complexity index is 683. The monoisotopic (exact) mass is 371 g/mol. The minimum atomic E-state index is -0.502. The van der Waals surface area contributed by atoms with Gasteiger partial charge in [0.05, 0.1) is 20.3 Å². The molecule has 1 heterocycles. The molecule has 0 bridgehead atoms. The van der Waals surface area contributed by atoms with Crippen LogP contribution in [-0.2, 0) is 17.6 Å². The van der Waals surface area contributed by atoms with Crippen molar-refractivity contribution in [3.63, 3.8) is 0 Å². The molecular formula is C22H29NO4. The van der Waals surface area contributed by atoms with Crippen LogP contribution in [0, 0.1) is 0 Å². The summed E-state index contributed by atoms with van der Waals surface area (Å²) in [6.45, 7) is 4.14. The Kier molecular flexibility index (Phi) is 7.51. The van der Waals surface area contributed by atoms with Crippen LogP contribution in [0.4, 0.5) is 0 Å². The van der Waals surface area contributed by atoms with Gasteiger partial charge < -0.3 is 19.3 Å². The lowest BCUT2D eigenvalue weighted by molar-refractivity contribution is 0.00457. The SMILES string of the molecule is COc1ccc(CCc2ccccc2OC[C@H](O)CN2CCOCC2)cc1. The third-order valence-electron chi connectivity index (χ3n) is 4.82. The van der Waals surface area contributed by atoms with Gasteiger partial charge in [-0.05, 0) is 42.2 Å². The highest BCUT2D eigenvalue weighted by atomic mass is 16.5. The molecule has 1 aliphatic heterocycles. The predicted octanol–water partition coefficient (Wildman–Crippen LogP) is 2.55. The lowest BCUT2D eigenvalue weighted by Gasteiger charge is -2.28. The van der Waals surface area contributed by atoms with Crippen LogP contribution >= 0.6 is 0 Å². The maximum absolute atomic E-state index is 10.3. The van der Waals surface area contributed by atoms with Gasteiger partial charge in [-0.2, -0.15) is 0 Å². The molecule has 0 radical (unpaired) electrons. The first-order valence-electron chi connectivity index (χ1n) is 9.56. The van der Waals surface area contributed by atoms with Crippen molar-refractivity contribution in [1.82, 2.24) is 4.90 Å². The molecule has 2 aromatic rings. The molecule has 0 saturated carbocycles. The van der Waals surface area contributed by atoms with E-state index in [1.165, 1.54) is 5.56 Å². The van der Waals surface area contributed by atoms with Gasteiger partial charge in [-0.3, -0.25) is 4.90 Å². The number of aliphatic hydroxyl groups is 1. The van der Waals surface area contributed by atoms with Crippen LogP contribution < -0.4 is 9.47 Å². The molecule has 1 N–H and O–H groups in total. The number of β-amino-alcohol motifs (C(OH)–C–C–N with tert-alkyl or cyclic N) is 1. The fourth-order valence-electron chi connectivity index (χ4n) is 3.24. The Labute approximate surface area is 161 Å². The van der Waals surface area contributed by atoms with Crippen LogP contribution in [0.15, 0.2) is 48.5 Å². The minimum Gasteiger partial charge on any atom is -0.497 e. The van der Waals surface area contributed by atoms with Crippen LogP contribution in [0.25, 0.3) is 0 Å². The molecular weight excluding hydrogens is 342 g/mol. The Morgan fingerprint density at radius 1 is 1.04 bits per heavy atom. The van der Waals surface area contributed by atoms with E-state index >= 15 is 0 Å². The molecule has 146 valence electrons. The highest BCUT2D eigenvalue weighted by Crippen LogP contribution is 2.21. The van der Waals surface area contributed by atoms with Crippen LogP contribution in [0.3, 0.4) is 0 Å². The predicted molar refractivity (Wildman–Crippen MR) is 106 cm³/mol. The van der Waals surface area contributed by atoms with E-state index in [1.54, 1.807) is 7.11 Å². The van der Waals surface area contributed by atoms with Crippen molar-refractivity contribution in [3.05, 3.63) is 59.7 Å². The molecule has 0 aromatic heterocycles. The topological polar surface area (TPSA) is 51.2 Å². The van der Waals surface area contributed by atoms with Crippen molar-refractivity contribution >= 4 is 0 Å². The molecule has 1 fully saturated rings. The third-order valence-corrected chi connectivity index (χ3v) is 4.82. The number of rotatable bonds is 9. The average Bonchev–Trinajstić information content (AvgIpc) is 2.72. The fraction of sp³-hybridized carbons (Fsp3) is 0.455. The second kappa shape index (κ2) is 10.3. The van der Waals surface area contributed by atoms with Crippen LogP contribution in [0.2, 0.25) is 0 Å². The highest BCUT2D eigenvalue weighted by Gasteiger charge is 2.15. The van der Waals surface area contributed by atoms with Gasteiger partial charge in [0, 0.05) is 19.6 Å². The van der Waals surface area contributed by atoms with Crippen molar-refractivity contribution in [2.45, 2.75) is 18.9 Å². The van der Waals surface area contributed by atoms with E-state index in [9.17, 15) is 5.11 Å². The molecule has 0 unspecified atom stereocenters. The van der Waals surface area contributed by atoms with Gasteiger partial charge in [0.25, 0.3) is 0 Å². The smallest absolute Gasteiger partial charge is 0.122 e. The van der Waals surface area contributed by atoms with Crippen molar-refractivity contribution in [2.75, 3.05) is 46.6 Å². The first-order chi connectivity index (χ1) is 13.2. The summed E-state index contributed by atoms with van der Waals surface area (Å²) in [6, 6.07) is 16.2. The van der Waals surface area contributed by atoms with E-state index < -0.39 is 6.10 Å². The van der Waals surface area contributed by atoms with Crippen molar-refractivity contribution in [1.29, 1.82) is 0 Å². The van der Waals surface area contributed by atoms with Crippen molar-refractivity contribution in [3.8, 4) is 11.5 Å². The second-order valence-electron chi connectivity index (χ2n) is 6.83. The van der Waals surface area contributed by atoms with Gasteiger partial charge in [0.1, 0.15) is 24.2 Å². The largest absolute Gasteiger partial charge is 0.497 e. The van der Waals surface area contributed by atoms with Crippen molar-refractivity contribution < 1.29 is 19.3 Å². The molecule has 1 saturated heterocycles. The summed E-state index contributed by atoms with van der Waals surface area (Å²) in [5.74, 6) is 1.73. The molecule has 3 rings (SSSR count). The summed E-state index contributed by atoms with van der Waals surface area (Å²) >= 11 is 0. The number of morpholine rings is 1. The zero-order chi connectivity index (χ0) is 18.9. The molecule has 5 heteroatoms. The van der Waals surface area contributed by atoms with Gasteiger partial charge in [0.15, 0.2) is 0 Å². The summed E-state index contributed by atoms with van der Waals surface area (Å²) < 4.78 is 16.5. The number of hydrogen-bond donors (Lipinski definition) is 1. The average molecular weight is 371 g/mol. The van der Waals surface area contributed by atoms with Crippen LogP contribution in [0.1, 0.15) is 11.1 Å². The quantitative estimate of drug-likeness (QED) is 0.734. The number of nitrogens with zero attached hydrogens (tertiary/aromatic N) is 1. The fourth-order valence-corrected chi connectivity index (χ4v) is 3.24. The summed E-state index contributed by atoms with van der Waals surface area (Å²) in [7, 11) is 1.68. The minimum absolute atomic E-state index is 0.302. The lowest BCUT2D eigenvalue weighted by atomic mass is 10.0. The molecule has 0 amide bonds.